The molecule has 0 bridgehead atoms. The predicted octanol–water partition coefficient (Wildman–Crippen LogP) is 2.54. The van der Waals surface area contributed by atoms with Crippen molar-refractivity contribution in [3.05, 3.63) is 54.6 Å². The van der Waals surface area contributed by atoms with Gasteiger partial charge < -0.3 is 9.88 Å². The van der Waals surface area contributed by atoms with E-state index >= 15 is 0 Å². The van der Waals surface area contributed by atoms with Gasteiger partial charge in [0.15, 0.2) is 0 Å². The van der Waals surface area contributed by atoms with Crippen LogP contribution in [-0.4, -0.2) is 34.0 Å². The summed E-state index contributed by atoms with van der Waals surface area (Å²) < 4.78 is 1.98. The molecule has 2 rings (SSSR count). The lowest BCUT2D eigenvalue weighted by atomic mass is 10.2. The van der Waals surface area contributed by atoms with Crippen molar-refractivity contribution in [2.24, 2.45) is 0 Å². The van der Waals surface area contributed by atoms with Gasteiger partial charge in [-0.3, -0.25) is 9.78 Å². The standard InChI is InChI=1S/C16H21N3OS/c1-21-13-8-15(19-11-4-5-12-19)16(20)18-10-7-14-6-2-3-9-17-14/h2-6,9,11-12,15H,7-8,10,13H2,1H3,(H,18,20)/t15-/m0/s1. The molecule has 0 fully saturated rings. The largest absolute Gasteiger partial charge is 0.354 e. The average molecular weight is 303 g/mol. The van der Waals surface area contributed by atoms with Crippen LogP contribution < -0.4 is 5.32 Å². The van der Waals surface area contributed by atoms with Crippen LogP contribution in [0.2, 0.25) is 0 Å². The summed E-state index contributed by atoms with van der Waals surface area (Å²) in [5.74, 6) is 1.05. The van der Waals surface area contributed by atoms with Crippen LogP contribution in [0.25, 0.3) is 0 Å². The molecule has 1 amide bonds. The average Bonchev–Trinajstić information content (AvgIpc) is 3.03. The van der Waals surface area contributed by atoms with Crippen LogP contribution in [0.4, 0.5) is 0 Å². The third-order valence-electron chi connectivity index (χ3n) is 3.29. The molecule has 0 aliphatic carbocycles. The van der Waals surface area contributed by atoms with Crippen LogP contribution in [0.3, 0.4) is 0 Å². The third kappa shape index (κ3) is 4.93. The Morgan fingerprint density at radius 1 is 1.33 bits per heavy atom. The number of nitrogens with one attached hydrogen (secondary N) is 1. The van der Waals surface area contributed by atoms with E-state index in [1.807, 2.05) is 47.3 Å². The number of nitrogens with zero attached hydrogens (tertiary/aromatic N) is 2. The van der Waals surface area contributed by atoms with E-state index in [0.29, 0.717) is 6.54 Å². The fraction of sp³-hybridized carbons (Fsp3) is 0.375. The van der Waals surface area contributed by atoms with E-state index in [0.717, 1.165) is 24.3 Å². The van der Waals surface area contributed by atoms with Crippen LogP contribution in [-0.2, 0) is 11.2 Å². The second kappa shape index (κ2) is 8.52. The van der Waals surface area contributed by atoms with Gasteiger partial charge in [-0.25, -0.2) is 0 Å². The molecule has 4 nitrogen and oxygen atoms in total. The molecule has 2 heterocycles. The number of pyridine rings is 1. The van der Waals surface area contributed by atoms with E-state index in [1.165, 1.54) is 0 Å². The zero-order valence-corrected chi connectivity index (χ0v) is 13.1. The lowest BCUT2D eigenvalue weighted by Gasteiger charge is -2.18. The molecule has 0 saturated heterocycles. The maximum absolute atomic E-state index is 12.4. The number of carbonyl (C=O) groups excluding carboxylic acids is 1. The van der Waals surface area contributed by atoms with E-state index in [1.54, 1.807) is 18.0 Å². The van der Waals surface area contributed by atoms with Gasteiger partial charge in [-0.1, -0.05) is 6.07 Å². The van der Waals surface area contributed by atoms with Crippen molar-refractivity contribution < 1.29 is 4.79 Å². The Morgan fingerprint density at radius 2 is 2.14 bits per heavy atom. The monoisotopic (exact) mass is 303 g/mol. The molecule has 2 aromatic rings. The fourth-order valence-corrected chi connectivity index (χ4v) is 2.64. The van der Waals surface area contributed by atoms with Gasteiger partial charge in [-0.15, -0.1) is 0 Å². The Hall–Kier alpha value is -1.75. The molecule has 5 heteroatoms. The van der Waals surface area contributed by atoms with Gasteiger partial charge >= 0.3 is 0 Å². The smallest absolute Gasteiger partial charge is 0.243 e. The number of aromatic nitrogens is 2. The first-order valence-corrected chi connectivity index (χ1v) is 8.49. The Bertz CT molecular complexity index is 528. The molecule has 0 aliphatic rings. The van der Waals surface area contributed by atoms with Gasteiger partial charge in [0.25, 0.3) is 0 Å². The Balaban J connectivity index is 1.86. The fourth-order valence-electron chi connectivity index (χ4n) is 2.18. The van der Waals surface area contributed by atoms with Crippen molar-refractivity contribution in [2.75, 3.05) is 18.6 Å². The second-order valence-electron chi connectivity index (χ2n) is 4.79. The summed E-state index contributed by atoms with van der Waals surface area (Å²) in [5, 5.41) is 3.02. The highest BCUT2D eigenvalue weighted by Gasteiger charge is 2.18. The van der Waals surface area contributed by atoms with Gasteiger partial charge in [0, 0.05) is 37.3 Å². The molecule has 1 atom stereocenters. The quantitative estimate of drug-likeness (QED) is 0.815. The number of rotatable bonds is 8. The van der Waals surface area contributed by atoms with E-state index in [2.05, 4.69) is 16.6 Å². The zero-order chi connectivity index (χ0) is 14.9. The van der Waals surface area contributed by atoms with Crippen LogP contribution in [0, 0.1) is 0 Å². The van der Waals surface area contributed by atoms with Gasteiger partial charge in [-0.2, -0.15) is 11.8 Å². The molecule has 0 saturated carbocycles. The zero-order valence-electron chi connectivity index (χ0n) is 12.2. The SMILES string of the molecule is CSCC[C@@H](C(=O)NCCc1ccccn1)n1cccc1. The minimum absolute atomic E-state index is 0.0798. The highest BCUT2D eigenvalue weighted by atomic mass is 32.2. The van der Waals surface area contributed by atoms with Crippen molar-refractivity contribution in [3.63, 3.8) is 0 Å². The van der Waals surface area contributed by atoms with Gasteiger partial charge in [0.05, 0.1) is 0 Å². The maximum atomic E-state index is 12.4. The van der Waals surface area contributed by atoms with E-state index in [9.17, 15) is 4.79 Å². The molecule has 0 spiro atoms. The van der Waals surface area contributed by atoms with Gasteiger partial charge in [0.1, 0.15) is 6.04 Å². The number of amides is 1. The maximum Gasteiger partial charge on any atom is 0.243 e. The predicted molar refractivity (Wildman–Crippen MR) is 87.4 cm³/mol. The first-order valence-electron chi connectivity index (χ1n) is 7.10. The topological polar surface area (TPSA) is 46.9 Å². The molecule has 0 unspecified atom stereocenters. The summed E-state index contributed by atoms with van der Waals surface area (Å²) in [6, 6.07) is 9.61. The first kappa shape index (κ1) is 15.6. The van der Waals surface area contributed by atoms with Crippen LogP contribution in [0.15, 0.2) is 48.9 Å². The summed E-state index contributed by atoms with van der Waals surface area (Å²) in [7, 11) is 0. The molecule has 1 N–H and O–H groups in total. The highest BCUT2D eigenvalue weighted by molar-refractivity contribution is 7.98. The molecule has 0 aromatic carbocycles. The lowest BCUT2D eigenvalue weighted by molar-refractivity contribution is -0.124. The molecule has 0 aliphatic heterocycles. The van der Waals surface area contributed by atoms with E-state index in [-0.39, 0.29) is 11.9 Å². The Morgan fingerprint density at radius 3 is 2.81 bits per heavy atom. The molecule has 112 valence electrons. The van der Waals surface area contributed by atoms with E-state index in [4.69, 9.17) is 0 Å². The minimum Gasteiger partial charge on any atom is -0.354 e. The summed E-state index contributed by atoms with van der Waals surface area (Å²) in [5.41, 5.74) is 0.999. The molecule has 2 aromatic heterocycles. The normalized spacial score (nSPS) is 12.0. The van der Waals surface area contributed by atoms with Gasteiger partial charge in [0.2, 0.25) is 5.91 Å². The molecular weight excluding hydrogens is 282 g/mol. The van der Waals surface area contributed by atoms with Crippen molar-refractivity contribution in [2.45, 2.75) is 18.9 Å². The molecular formula is C16H21N3OS. The summed E-state index contributed by atoms with van der Waals surface area (Å²) in [4.78, 5) is 16.6. The number of thioether (sulfide) groups is 1. The van der Waals surface area contributed by atoms with Gasteiger partial charge in [-0.05, 0) is 42.7 Å². The number of hydrogen-bond acceptors (Lipinski definition) is 3. The Kier molecular flexibility index (Phi) is 6.34. The van der Waals surface area contributed by atoms with Crippen LogP contribution >= 0.6 is 11.8 Å². The molecule has 0 radical (unpaired) electrons. The summed E-state index contributed by atoms with van der Waals surface area (Å²) in [6.45, 7) is 0.618. The minimum atomic E-state index is -0.129. The lowest BCUT2D eigenvalue weighted by Crippen LogP contribution is -2.34. The van der Waals surface area contributed by atoms with E-state index < -0.39 is 0 Å². The number of carbonyl (C=O) groups is 1. The van der Waals surface area contributed by atoms with Crippen LogP contribution in [0.5, 0.6) is 0 Å². The highest BCUT2D eigenvalue weighted by Crippen LogP contribution is 2.15. The molecule has 21 heavy (non-hydrogen) atoms. The summed E-state index contributed by atoms with van der Waals surface area (Å²) >= 11 is 1.76. The van der Waals surface area contributed by atoms with Crippen molar-refractivity contribution >= 4 is 17.7 Å². The Labute approximate surface area is 130 Å². The summed E-state index contributed by atoms with van der Waals surface area (Å²) in [6.07, 6.45) is 9.33. The van der Waals surface area contributed by atoms with Crippen LogP contribution in [0.1, 0.15) is 18.2 Å². The first-order chi connectivity index (χ1) is 10.3. The second-order valence-corrected chi connectivity index (χ2v) is 5.78. The van der Waals surface area contributed by atoms with Crippen molar-refractivity contribution in [3.8, 4) is 0 Å². The third-order valence-corrected chi connectivity index (χ3v) is 3.94. The van der Waals surface area contributed by atoms with Crippen molar-refractivity contribution in [1.82, 2.24) is 14.9 Å². The van der Waals surface area contributed by atoms with Crippen molar-refractivity contribution in [1.29, 1.82) is 0 Å². The number of hydrogen-bond donors (Lipinski definition) is 1.